The number of ether oxygens (including phenoxy) is 1. The van der Waals surface area contributed by atoms with Crippen LogP contribution in [0.3, 0.4) is 0 Å². The molecule has 1 aromatic rings. The Bertz CT molecular complexity index is 637. The fourth-order valence-electron chi connectivity index (χ4n) is 4.37. The van der Waals surface area contributed by atoms with E-state index in [1.165, 1.54) is 18.4 Å². The molecule has 2 atom stereocenters. The van der Waals surface area contributed by atoms with Crippen molar-refractivity contribution in [1.29, 1.82) is 0 Å². The van der Waals surface area contributed by atoms with E-state index in [1.54, 1.807) is 4.88 Å². The molecule has 158 valence electrons. The van der Waals surface area contributed by atoms with Crippen molar-refractivity contribution >= 4 is 17.3 Å². The van der Waals surface area contributed by atoms with Gasteiger partial charge in [-0.05, 0) is 48.6 Å². The Morgan fingerprint density at radius 1 is 1.36 bits per heavy atom. The topological polar surface area (TPSA) is 48.9 Å². The Kier molecular flexibility index (Phi) is 7.77. The number of nitrogens with one attached hydrogen (secondary N) is 2. The second-order valence-electron chi connectivity index (χ2n) is 9.10. The first kappa shape index (κ1) is 21.6. The molecule has 28 heavy (non-hydrogen) atoms. The van der Waals surface area contributed by atoms with Crippen LogP contribution in [0.5, 0.6) is 0 Å². The van der Waals surface area contributed by atoms with E-state index >= 15 is 0 Å². The summed E-state index contributed by atoms with van der Waals surface area (Å²) in [4.78, 5) is 9.02. The van der Waals surface area contributed by atoms with E-state index < -0.39 is 0 Å². The van der Waals surface area contributed by atoms with Crippen molar-refractivity contribution in [3.05, 3.63) is 21.9 Å². The van der Waals surface area contributed by atoms with Gasteiger partial charge < -0.3 is 15.4 Å². The van der Waals surface area contributed by atoms with E-state index in [9.17, 15) is 0 Å². The van der Waals surface area contributed by atoms with E-state index in [2.05, 4.69) is 54.7 Å². The SMILES string of the molecule is CCNC(=NCC1CCCOC1C(C)(C)C)NCCN1CCc2sccc2C1. The van der Waals surface area contributed by atoms with E-state index in [4.69, 9.17) is 9.73 Å². The molecule has 0 bridgehead atoms. The average Bonchev–Trinajstić information content (AvgIpc) is 3.13. The molecule has 0 spiro atoms. The first-order valence-corrected chi connectivity index (χ1v) is 11.8. The summed E-state index contributed by atoms with van der Waals surface area (Å²) in [6.45, 7) is 15.8. The lowest BCUT2D eigenvalue weighted by atomic mass is 9.78. The van der Waals surface area contributed by atoms with Gasteiger partial charge in [-0.25, -0.2) is 0 Å². The van der Waals surface area contributed by atoms with Gasteiger partial charge in [0.25, 0.3) is 0 Å². The summed E-state index contributed by atoms with van der Waals surface area (Å²) in [5.41, 5.74) is 1.68. The van der Waals surface area contributed by atoms with Crippen LogP contribution in [0.1, 0.15) is 51.0 Å². The fraction of sp³-hybridized carbons (Fsp3) is 0.773. The van der Waals surface area contributed by atoms with Crippen molar-refractivity contribution < 1.29 is 4.74 Å². The van der Waals surface area contributed by atoms with Gasteiger partial charge in [0, 0.05) is 56.7 Å². The summed E-state index contributed by atoms with van der Waals surface area (Å²) < 4.78 is 6.11. The molecule has 1 fully saturated rings. The number of guanidine groups is 1. The van der Waals surface area contributed by atoms with Gasteiger partial charge in [0.05, 0.1) is 6.10 Å². The van der Waals surface area contributed by atoms with Gasteiger partial charge in [-0.2, -0.15) is 0 Å². The number of aliphatic imine (C=N–C) groups is 1. The highest BCUT2D eigenvalue weighted by atomic mass is 32.1. The second-order valence-corrected chi connectivity index (χ2v) is 10.1. The lowest BCUT2D eigenvalue weighted by molar-refractivity contribution is -0.0823. The van der Waals surface area contributed by atoms with Crippen LogP contribution in [0.25, 0.3) is 0 Å². The summed E-state index contributed by atoms with van der Waals surface area (Å²) in [6.07, 6.45) is 3.84. The van der Waals surface area contributed by atoms with Gasteiger partial charge >= 0.3 is 0 Å². The van der Waals surface area contributed by atoms with Crippen LogP contribution in [0.4, 0.5) is 0 Å². The third-order valence-electron chi connectivity index (χ3n) is 5.73. The minimum atomic E-state index is 0.168. The Morgan fingerprint density at radius 3 is 3.00 bits per heavy atom. The lowest BCUT2D eigenvalue weighted by Crippen LogP contribution is -2.44. The third kappa shape index (κ3) is 5.94. The quantitative estimate of drug-likeness (QED) is 0.561. The molecule has 0 aromatic carbocycles. The highest BCUT2D eigenvalue weighted by Crippen LogP contribution is 2.34. The monoisotopic (exact) mass is 406 g/mol. The number of rotatable bonds is 6. The van der Waals surface area contributed by atoms with Gasteiger partial charge in [0.15, 0.2) is 5.96 Å². The molecule has 2 unspecified atom stereocenters. The minimum Gasteiger partial charge on any atom is -0.377 e. The van der Waals surface area contributed by atoms with Gasteiger partial charge in [-0.15, -0.1) is 11.3 Å². The highest BCUT2D eigenvalue weighted by molar-refractivity contribution is 7.10. The molecular weight excluding hydrogens is 368 g/mol. The molecular formula is C22H38N4OS. The van der Waals surface area contributed by atoms with Crippen LogP contribution in [0.2, 0.25) is 0 Å². The van der Waals surface area contributed by atoms with Crippen LogP contribution >= 0.6 is 11.3 Å². The molecule has 0 amide bonds. The van der Waals surface area contributed by atoms with Crippen molar-refractivity contribution in [2.75, 3.05) is 39.3 Å². The molecule has 2 N–H and O–H groups in total. The molecule has 0 radical (unpaired) electrons. The standard InChI is InChI=1S/C22H38N4OS/c1-5-23-21(25-15-17-7-6-13-27-20(17)22(2,3)4)24-10-12-26-11-8-19-18(16-26)9-14-28-19/h9,14,17,20H,5-8,10-13,15-16H2,1-4H3,(H2,23,24,25). The Labute approximate surface area is 174 Å². The smallest absolute Gasteiger partial charge is 0.191 e. The summed E-state index contributed by atoms with van der Waals surface area (Å²) in [6, 6.07) is 2.28. The molecule has 2 aliphatic rings. The van der Waals surface area contributed by atoms with Crippen LogP contribution in [-0.2, 0) is 17.7 Å². The number of hydrogen-bond donors (Lipinski definition) is 2. The third-order valence-corrected chi connectivity index (χ3v) is 6.76. The molecule has 2 aliphatic heterocycles. The van der Waals surface area contributed by atoms with Gasteiger partial charge in [-0.3, -0.25) is 9.89 Å². The number of fused-ring (bicyclic) bond motifs is 1. The van der Waals surface area contributed by atoms with E-state index in [0.29, 0.717) is 12.0 Å². The summed E-state index contributed by atoms with van der Waals surface area (Å²) in [7, 11) is 0. The predicted molar refractivity (Wildman–Crippen MR) is 119 cm³/mol. The van der Waals surface area contributed by atoms with Crippen molar-refractivity contribution in [3.8, 4) is 0 Å². The Hall–Kier alpha value is -1.11. The first-order chi connectivity index (χ1) is 13.5. The maximum Gasteiger partial charge on any atom is 0.191 e. The van der Waals surface area contributed by atoms with E-state index in [1.807, 2.05) is 11.3 Å². The minimum absolute atomic E-state index is 0.168. The van der Waals surface area contributed by atoms with Crippen molar-refractivity contribution in [2.24, 2.45) is 16.3 Å². The summed E-state index contributed by atoms with van der Waals surface area (Å²) in [5, 5.41) is 9.17. The average molecular weight is 407 g/mol. The zero-order chi connectivity index (χ0) is 20.0. The molecule has 0 aliphatic carbocycles. The van der Waals surface area contributed by atoms with Crippen LogP contribution in [-0.4, -0.2) is 56.3 Å². The normalized spacial score (nSPS) is 24.1. The zero-order valence-corrected chi connectivity index (χ0v) is 18.9. The van der Waals surface area contributed by atoms with Crippen LogP contribution in [0.15, 0.2) is 16.4 Å². The molecule has 1 aromatic heterocycles. The van der Waals surface area contributed by atoms with E-state index in [0.717, 1.165) is 58.3 Å². The van der Waals surface area contributed by atoms with Crippen molar-refractivity contribution in [3.63, 3.8) is 0 Å². The van der Waals surface area contributed by atoms with Gasteiger partial charge in [0.1, 0.15) is 0 Å². The van der Waals surface area contributed by atoms with E-state index in [-0.39, 0.29) is 5.41 Å². The summed E-state index contributed by atoms with van der Waals surface area (Å²) >= 11 is 1.90. The number of thiophene rings is 1. The van der Waals surface area contributed by atoms with Crippen molar-refractivity contribution in [1.82, 2.24) is 15.5 Å². The molecule has 0 saturated carbocycles. The van der Waals surface area contributed by atoms with Gasteiger partial charge in [-0.1, -0.05) is 20.8 Å². The predicted octanol–water partition coefficient (Wildman–Crippen LogP) is 3.50. The first-order valence-electron chi connectivity index (χ1n) is 10.9. The summed E-state index contributed by atoms with van der Waals surface area (Å²) in [5.74, 6) is 1.44. The highest BCUT2D eigenvalue weighted by Gasteiger charge is 2.35. The fourth-order valence-corrected chi connectivity index (χ4v) is 5.26. The number of hydrogen-bond acceptors (Lipinski definition) is 4. The Morgan fingerprint density at radius 2 is 2.21 bits per heavy atom. The number of nitrogens with zero attached hydrogens (tertiary/aromatic N) is 2. The van der Waals surface area contributed by atoms with Gasteiger partial charge in [0.2, 0.25) is 0 Å². The Balaban J connectivity index is 1.48. The van der Waals surface area contributed by atoms with Crippen LogP contribution < -0.4 is 10.6 Å². The largest absolute Gasteiger partial charge is 0.377 e. The second kappa shape index (κ2) is 10.1. The lowest BCUT2D eigenvalue weighted by Gasteiger charge is -2.39. The maximum absolute atomic E-state index is 6.11. The molecule has 3 heterocycles. The van der Waals surface area contributed by atoms with Crippen molar-refractivity contribution in [2.45, 2.75) is 59.6 Å². The zero-order valence-electron chi connectivity index (χ0n) is 18.1. The molecule has 3 rings (SSSR count). The maximum atomic E-state index is 6.11. The molecule has 1 saturated heterocycles. The van der Waals surface area contributed by atoms with Crippen LogP contribution in [0, 0.1) is 11.3 Å². The molecule has 6 heteroatoms. The molecule has 5 nitrogen and oxygen atoms in total.